The van der Waals surface area contributed by atoms with Crippen LogP contribution in [0.15, 0.2) is 91.4 Å². The normalized spacial score (nSPS) is 15.7. The summed E-state index contributed by atoms with van der Waals surface area (Å²) in [6.07, 6.45) is -1.50. The molecular formula is C56H60Cl2F2N8O12S2. The Bertz CT molecular complexity index is 3380. The first-order chi connectivity index (χ1) is 38.3. The van der Waals surface area contributed by atoms with Gasteiger partial charge in [-0.1, -0.05) is 47.5 Å². The molecule has 2 aliphatic heterocycles. The van der Waals surface area contributed by atoms with E-state index in [1.54, 1.807) is 111 Å². The van der Waals surface area contributed by atoms with E-state index in [0.29, 0.717) is 31.2 Å². The average molecular weight is 1210 g/mol. The van der Waals surface area contributed by atoms with E-state index < -0.39 is 81.7 Å². The second-order valence-electron chi connectivity index (χ2n) is 21.8. The molecule has 2 aromatic heterocycles. The Kier molecular flexibility index (Phi) is 19.0. The summed E-state index contributed by atoms with van der Waals surface area (Å²) in [5.41, 5.74) is -2.23. The van der Waals surface area contributed by atoms with Gasteiger partial charge in [-0.15, -0.1) is 43.9 Å². The van der Waals surface area contributed by atoms with Gasteiger partial charge in [0.15, 0.2) is 0 Å². The molecule has 4 aromatic carbocycles. The maximum atomic E-state index is 15.5. The number of nitrogens with zero attached hydrogens (tertiary/aromatic N) is 6. The van der Waals surface area contributed by atoms with Crippen LogP contribution in [0.5, 0.6) is 0 Å². The number of aromatic nitrogens is 4. The lowest BCUT2D eigenvalue weighted by Crippen LogP contribution is -2.50. The van der Waals surface area contributed by atoms with Gasteiger partial charge in [0.05, 0.1) is 42.2 Å². The van der Waals surface area contributed by atoms with Gasteiger partial charge in [0.1, 0.15) is 45.8 Å². The molecule has 20 nitrogen and oxygen atoms in total. The number of carboxylic acid groups (broad SMARTS) is 1. The summed E-state index contributed by atoms with van der Waals surface area (Å²) in [6.45, 7) is 18.3. The van der Waals surface area contributed by atoms with Crippen molar-refractivity contribution in [3.8, 4) is 22.9 Å². The van der Waals surface area contributed by atoms with Gasteiger partial charge in [0.25, 0.3) is 23.6 Å². The van der Waals surface area contributed by atoms with E-state index in [4.69, 9.17) is 46.2 Å². The third-order valence-electron chi connectivity index (χ3n) is 12.2. The molecule has 0 unspecified atom stereocenters. The molecule has 0 spiro atoms. The monoisotopic (exact) mass is 1210 g/mol. The fourth-order valence-corrected chi connectivity index (χ4v) is 10.2. The Hall–Kier alpha value is -7.28. The van der Waals surface area contributed by atoms with Crippen LogP contribution in [0.3, 0.4) is 0 Å². The summed E-state index contributed by atoms with van der Waals surface area (Å²) in [7, 11) is 0. The highest BCUT2D eigenvalue weighted by Crippen LogP contribution is 2.42. The number of hydrogen-bond donors (Lipinski definition) is 3. The third-order valence-corrected chi connectivity index (χ3v) is 15.0. The molecule has 2 atom stereocenters. The highest BCUT2D eigenvalue weighted by Gasteiger charge is 2.40. The third kappa shape index (κ3) is 15.0. The first kappa shape index (κ1) is 62.3. The molecular weight excluding hydrogens is 1150 g/mol. The smallest absolute Gasteiger partial charge is 0.408 e. The molecule has 4 heterocycles. The molecule has 0 saturated carbocycles. The molecule has 3 N–H and O–H groups in total. The standard InChI is InChI=1S/C29H32ClFN4O6S.C27H28ClFN4O6S/c1-7-39-26(37)29(5,6)25-34-33-23(40-25)18-12-21-22(13-19(18)31)42-15-20(32-27(38)41-28(2,3)4)24(36)35(21)14-16-8-10-17(30)11-9-16;1-26(2,3)39-25(37)30-18-13-40-20-11-17(29)16(21-31-32-23(38-21)27(4,5)24(35)36)10-19(20)33(22(18)34)12-14-6-8-15(28)9-7-14/h8-13,20H,7,14-15H2,1-6H3,(H,32,38);6-11,18H,12-13H2,1-5H3,(H,30,37)(H,35,36)/t20-;18-/m00/s1. The largest absolute Gasteiger partial charge is 0.480 e. The van der Waals surface area contributed by atoms with Crippen molar-refractivity contribution in [2.24, 2.45) is 0 Å². The quantitative estimate of drug-likeness (QED) is 0.0717. The number of alkyl carbamates (subject to hydrolysis) is 2. The Morgan fingerprint density at radius 2 is 1.01 bits per heavy atom. The minimum Gasteiger partial charge on any atom is -0.480 e. The van der Waals surface area contributed by atoms with Crippen molar-refractivity contribution in [2.75, 3.05) is 27.9 Å². The summed E-state index contributed by atoms with van der Waals surface area (Å²) >= 11 is 14.5. The molecule has 8 rings (SSSR count). The zero-order valence-electron chi connectivity index (χ0n) is 46.6. The van der Waals surface area contributed by atoms with Crippen LogP contribution in [0.1, 0.15) is 99.1 Å². The number of carboxylic acids is 1. The maximum absolute atomic E-state index is 15.5. The van der Waals surface area contributed by atoms with E-state index >= 15 is 8.78 Å². The predicted octanol–water partition coefficient (Wildman–Crippen LogP) is 11.3. The molecule has 6 aromatic rings. The number of carbonyl (C=O) groups excluding carboxylic acids is 5. The van der Waals surface area contributed by atoms with E-state index in [-0.39, 0.29) is 65.9 Å². The van der Waals surface area contributed by atoms with Gasteiger partial charge in [0, 0.05) is 31.3 Å². The highest BCUT2D eigenvalue weighted by atomic mass is 35.5. The number of aliphatic carboxylic acids is 1. The number of halogens is 4. The van der Waals surface area contributed by atoms with Crippen LogP contribution in [0, 0.1) is 11.6 Å². The molecule has 4 amide bonds. The minimum atomic E-state index is -1.50. The number of thioether (sulfide) groups is 2. The van der Waals surface area contributed by atoms with Crippen molar-refractivity contribution < 1.29 is 65.7 Å². The highest BCUT2D eigenvalue weighted by molar-refractivity contribution is 7.99. The van der Waals surface area contributed by atoms with Crippen LogP contribution in [0.4, 0.5) is 29.7 Å². The second-order valence-corrected chi connectivity index (χ2v) is 24.8. The van der Waals surface area contributed by atoms with E-state index in [0.717, 1.165) is 11.1 Å². The number of nitrogens with one attached hydrogen (secondary N) is 2. The molecule has 2 aliphatic rings. The number of amides is 4. The molecule has 0 aliphatic carbocycles. The van der Waals surface area contributed by atoms with Gasteiger partial charge in [-0.2, -0.15) is 0 Å². The topological polar surface area (TPSA) is 259 Å². The van der Waals surface area contributed by atoms with Gasteiger partial charge in [0.2, 0.25) is 11.8 Å². The maximum Gasteiger partial charge on any atom is 0.408 e. The zero-order chi connectivity index (χ0) is 60.2. The first-order valence-corrected chi connectivity index (χ1v) is 28.2. The van der Waals surface area contributed by atoms with Crippen molar-refractivity contribution >= 4 is 94.0 Å². The molecule has 0 saturated heterocycles. The Morgan fingerprint density at radius 3 is 1.37 bits per heavy atom. The minimum absolute atomic E-state index is 0.0459. The van der Waals surface area contributed by atoms with Gasteiger partial charge >= 0.3 is 24.1 Å². The van der Waals surface area contributed by atoms with E-state index in [1.165, 1.54) is 71.4 Å². The van der Waals surface area contributed by atoms with Gasteiger partial charge in [-0.25, -0.2) is 18.4 Å². The number of ether oxygens (including phenoxy) is 3. The van der Waals surface area contributed by atoms with E-state index in [9.17, 15) is 33.9 Å². The second kappa shape index (κ2) is 25.1. The van der Waals surface area contributed by atoms with Crippen molar-refractivity contribution in [1.82, 2.24) is 31.0 Å². The zero-order valence-corrected chi connectivity index (χ0v) is 49.7. The summed E-state index contributed by atoms with van der Waals surface area (Å²) in [6, 6.07) is 17.3. The number of benzene rings is 4. The number of rotatable bonds is 13. The summed E-state index contributed by atoms with van der Waals surface area (Å²) < 4.78 is 58.1. The number of hydrogen-bond acceptors (Lipinski definition) is 17. The SMILES string of the molecule is CC(C)(C)OC(=O)N[C@H]1CSc2cc(F)c(-c3nnc(C(C)(C)C(=O)O)o3)cc2N(Cc2ccc(Cl)cc2)C1=O.CCOC(=O)C(C)(C)c1nnc(-c2cc3c(cc2F)SC[C@H](NC(=O)OC(C)(C)C)C(=O)N3Cc2ccc(Cl)cc2)o1. The summed E-state index contributed by atoms with van der Waals surface area (Å²) in [4.78, 5) is 80.7. The van der Waals surface area contributed by atoms with Crippen LogP contribution in [0.25, 0.3) is 22.9 Å². The average Bonchev–Trinajstić information content (AvgIpc) is 3.27. The van der Waals surface area contributed by atoms with Gasteiger partial charge in [-0.05, 0) is 136 Å². The lowest BCUT2D eigenvalue weighted by molar-refractivity contribution is -0.149. The molecule has 436 valence electrons. The molecule has 0 fully saturated rings. The Labute approximate surface area is 489 Å². The Balaban J connectivity index is 0.000000236. The van der Waals surface area contributed by atoms with Crippen LogP contribution >= 0.6 is 46.7 Å². The lowest BCUT2D eigenvalue weighted by atomic mass is 9.94. The van der Waals surface area contributed by atoms with Gasteiger partial charge in [-0.3, -0.25) is 19.2 Å². The van der Waals surface area contributed by atoms with Crippen LogP contribution in [-0.4, -0.2) is 103 Å². The van der Waals surface area contributed by atoms with Crippen molar-refractivity contribution in [1.29, 1.82) is 0 Å². The molecule has 0 radical (unpaired) electrons. The van der Waals surface area contributed by atoms with Gasteiger partial charge < -0.3 is 48.6 Å². The predicted molar refractivity (Wildman–Crippen MR) is 303 cm³/mol. The first-order valence-electron chi connectivity index (χ1n) is 25.5. The van der Waals surface area contributed by atoms with E-state index in [2.05, 4.69) is 31.0 Å². The summed E-state index contributed by atoms with van der Waals surface area (Å²) in [5, 5.41) is 31.5. The van der Waals surface area contributed by atoms with Crippen LogP contribution in [0.2, 0.25) is 10.0 Å². The fourth-order valence-electron chi connectivity index (χ4n) is 7.81. The van der Waals surface area contributed by atoms with Crippen LogP contribution < -0.4 is 20.4 Å². The van der Waals surface area contributed by atoms with E-state index in [1.807, 2.05) is 0 Å². The molecule has 0 bridgehead atoms. The van der Waals surface area contributed by atoms with Crippen molar-refractivity contribution in [3.63, 3.8) is 0 Å². The lowest BCUT2D eigenvalue weighted by Gasteiger charge is -2.27. The molecule has 26 heteroatoms. The number of esters is 1. The number of fused-ring (bicyclic) bond motifs is 2. The number of carbonyl (C=O) groups is 6. The van der Waals surface area contributed by atoms with Crippen molar-refractivity contribution in [3.05, 3.63) is 117 Å². The number of anilines is 2. The summed E-state index contributed by atoms with van der Waals surface area (Å²) in [5.74, 6) is -4.37. The van der Waals surface area contributed by atoms with Crippen molar-refractivity contribution in [2.45, 2.75) is 133 Å². The van der Waals surface area contributed by atoms with Crippen LogP contribution in [-0.2, 0) is 57.3 Å². The fraction of sp³-hybridized carbons (Fsp3) is 0.393. The molecule has 82 heavy (non-hydrogen) atoms. The Morgan fingerprint density at radius 1 is 0.634 bits per heavy atom.